The van der Waals surface area contributed by atoms with Gasteiger partial charge in [-0.05, 0) is 67.3 Å². The molecule has 4 aromatic carbocycles. The SMILES string of the molecule is COc1ccc(CCCN[C@H](c2ccccc2)[C@H](NS(=O)(=O)c2ccc(C)cc2)c2ccccc2)cc1. The Morgan fingerprint density at radius 1 is 0.730 bits per heavy atom. The maximum atomic E-state index is 13.5. The van der Waals surface area contributed by atoms with Crippen LogP contribution in [-0.2, 0) is 16.4 Å². The van der Waals surface area contributed by atoms with Gasteiger partial charge in [-0.15, -0.1) is 0 Å². The normalized spacial score (nSPS) is 13.1. The van der Waals surface area contributed by atoms with Gasteiger partial charge in [0.1, 0.15) is 5.75 Å². The lowest BCUT2D eigenvalue weighted by molar-refractivity contribution is 0.414. The first-order chi connectivity index (χ1) is 18.0. The van der Waals surface area contributed by atoms with Gasteiger partial charge in [-0.25, -0.2) is 13.1 Å². The zero-order valence-electron chi connectivity index (χ0n) is 21.3. The third kappa shape index (κ3) is 7.29. The number of rotatable bonds is 12. The fourth-order valence-electron chi connectivity index (χ4n) is 4.37. The fourth-order valence-corrected chi connectivity index (χ4v) is 5.61. The number of hydrogen-bond donors (Lipinski definition) is 2. The Kier molecular flexibility index (Phi) is 9.12. The Bertz CT molecular complexity index is 1340. The van der Waals surface area contributed by atoms with E-state index in [0.29, 0.717) is 0 Å². The van der Waals surface area contributed by atoms with Crippen LogP contribution in [0.15, 0.2) is 114 Å². The summed E-state index contributed by atoms with van der Waals surface area (Å²) in [7, 11) is -2.09. The quantitative estimate of drug-likeness (QED) is 0.228. The van der Waals surface area contributed by atoms with Gasteiger partial charge in [0, 0.05) is 0 Å². The second-order valence-electron chi connectivity index (χ2n) is 9.12. The van der Waals surface area contributed by atoms with Crippen molar-refractivity contribution in [3.8, 4) is 5.75 Å². The topological polar surface area (TPSA) is 67.4 Å². The Labute approximate surface area is 220 Å². The molecule has 5 nitrogen and oxygen atoms in total. The molecule has 0 bridgehead atoms. The molecule has 2 N–H and O–H groups in total. The van der Waals surface area contributed by atoms with Crippen molar-refractivity contribution in [2.45, 2.75) is 36.7 Å². The average molecular weight is 515 g/mol. The molecule has 0 unspecified atom stereocenters. The summed E-state index contributed by atoms with van der Waals surface area (Å²) in [6.07, 6.45) is 1.81. The van der Waals surface area contributed by atoms with E-state index in [1.54, 1.807) is 19.2 Å². The molecule has 0 aliphatic carbocycles. The van der Waals surface area contributed by atoms with E-state index in [1.165, 1.54) is 5.56 Å². The van der Waals surface area contributed by atoms with Gasteiger partial charge in [0.15, 0.2) is 0 Å². The number of ether oxygens (including phenoxy) is 1. The maximum absolute atomic E-state index is 13.5. The van der Waals surface area contributed by atoms with Crippen LogP contribution in [0.25, 0.3) is 0 Å². The number of aryl methyl sites for hydroxylation is 2. The molecule has 0 heterocycles. The van der Waals surface area contributed by atoms with Crippen molar-refractivity contribution < 1.29 is 13.2 Å². The minimum absolute atomic E-state index is 0.255. The number of benzene rings is 4. The van der Waals surface area contributed by atoms with Crippen molar-refractivity contribution in [2.24, 2.45) is 0 Å². The molecule has 0 spiro atoms. The molecule has 0 saturated carbocycles. The average Bonchev–Trinajstić information content (AvgIpc) is 2.93. The van der Waals surface area contributed by atoms with Crippen molar-refractivity contribution in [1.82, 2.24) is 10.0 Å². The highest BCUT2D eigenvalue weighted by atomic mass is 32.2. The number of methoxy groups -OCH3 is 1. The number of sulfonamides is 1. The Morgan fingerprint density at radius 2 is 1.30 bits per heavy atom. The fraction of sp³-hybridized carbons (Fsp3) is 0.226. The smallest absolute Gasteiger partial charge is 0.241 e. The summed E-state index contributed by atoms with van der Waals surface area (Å²) in [5.74, 6) is 0.845. The number of nitrogens with one attached hydrogen (secondary N) is 2. The van der Waals surface area contributed by atoms with E-state index in [9.17, 15) is 8.42 Å². The van der Waals surface area contributed by atoms with Gasteiger partial charge >= 0.3 is 0 Å². The monoisotopic (exact) mass is 514 g/mol. The molecule has 0 fully saturated rings. The highest BCUT2D eigenvalue weighted by Crippen LogP contribution is 2.31. The third-order valence-electron chi connectivity index (χ3n) is 6.43. The predicted octanol–water partition coefficient (Wildman–Crippen LogP) is 5.99. The lowest BCUT2D eigenvalue weighted by Gasteiger charge is -2.30. The van der Waals surface area contributed by atoms with Crippen molar-refractivity contribution in [1.29, 1.82) is 0 Å². The first-order valence-electron chi connectivity index (χ1n) is 12.5. The van der Waals surface area contributed by atoms with Crippen LogP contribution >= 0.6 is 0 Å². The van der Waals surface area contributed by atoms with Crippen LogP contribution in [0.1, 0.15) is 40.8 Å². The molecule has 2 atom stereocenters. The Hall–Kier alpha value is -3.45. The van der Waals surface area contributed by atoms with Crippen LogP contribution in [0, 0.1) is 6.92 Å². The Morgan fingerprint density at radius 3 is 1.86 bits per heavy atom. The predicted molar refractivity (Wildman–Crippen MR) is 149 cm³/mol. The van der Waals surface area contributed by atoms with Gasteiger partial charge in [0.25, 0.3) is 0 Å². The molecule has 4 rings (SSSR count). The standard InChI is InChI=1S/C31H34N2O3S/c1-24-15-21-29(22-16-24)37(34,35)33-31(27-13-7-4-8-14-27)30(26-11-5-3-6-12-26)32-23-9-10-25-17-19-28(36-2)20-18-25/h3-8,11-22,30-33H,9-10,23H2,1-2H3/t30-,31-/m1/s1. The number of hydrogen-bond acceptors (Lipinski definition) is 4. The van der Waals surface area contributed by atoms with Gasteiger partial charge in [0.2, 0.25) is 10.0 Å². The van der Waals surface area contributed by atoms with Gasteiger partial charge < -0.3 is 10.1 Å². The highest BCUT2D eigenvalue weighted by Gasteiger charge is 2.29. The van der Waals surface area contributed by atoms with Gasteiger partial charge in [-0.2, -0.15) is 0 Å². The summed E-state index contributed by atoms with van der Waals surface area (Å²) >= 11 is 0. The van der Waals surface area contributed by atoms with Crippen LogP contribution in [0.3, 0.4) is 0 Å². The molecule has 0 aromatic heterocycles. The van der Waals surface area contributed by atoms with E-state index < -0.39 is 16.1 Å². The van der Waals surface area contributed by atoms with E-state index in [1.807, 2.05) is 91.9 Å². The summed E-state index contributed by atoms with van der Waals surface area (Å²) < 4.78 is 35.2. The van der Waals surface area contributed by atoms with E-state index in [2.05, 4.69) is 22.2 Å². The summed E-state index contributed by atoms with van der Waals surface area (Å²) in [5.41, 5.74) is 4.17. The lowest BCUT2D eigenvalue weighted by atomic mass is 9.94. The van der Waals surface area contributed by atoms with E-state index in [-0.39, 0.29) is 10.9 Å². The third-order valence-corrected chi connectivity index (χ3v) is 7.89. The summed E-state index contributed by atoms with van der Waals surface area (Å²) in [6.45, 7) is 2.67. The van der Waals surface area contributed by atoms with E-state index >= 15 is 0 Å². The molecule has 0 aliphatic heterocycles. The van der Waals surface area contributed by atoms with Crippen molar-refractivity contribution in [3.63, 3.8) is 0 Å². The molecular weight excluding hydrogens is 480 g/mol. The largest absolute Gasteiger partial charge is 0.497 e. The molecule has 6 heteroatoms. The molecule has 0 aliphatic rings. The Balaban J connectivity index is 1.58. The highest BCUT2D eigenvalue weighted by molar-refractivity contribution is 7.89. The minimum atomic E-state index is -3.76. The van der Waals surface area contributed by atoms with Crippen molar-refractivity contribution in [3.05, 3.63) is 131 Å². The molecule has 4 aromatic rings. The zero-order valence-corrected chi connectivity index (χ0v) is 22.1. The lowest BCUT2D eigenvalue weighted by Crippen LogP contribution is -2.39. The van der Waals surface area contributed by atoms with Gasteiger partial charge in [-0.3, -0.25) is 0 Å². The molecular formula is C31H34N2O3S. The summed E-state index contributed by atoms with van der Waals surface area (Å²) in [5, 5.41) is 3.66. The van der Waals surface area contributed by atoms with Crippen LogP contribution in [0.4, 0.5) is 0 Å². The van der Waals surface area contributed by atoms with E-state index in [0.717, 1.165) is 41.8 Å². The molecule has 37 heavy (non-hydrogen) atoms. The van der Waals surface area contributed by atoms with Crippen LogP contribution < -0.4 is 14.8 Å². The molecule has 0 radical (unpaired) electrons. The van der Waals surface area contributed by atoms with Gasteiger partial charge in [0.05, 0.1) is 24.1 Å². The van der Waals surface area contributed by atoms with Crippen LogP contribution in [-0.4, -0.2) is 22.1 Å². The van der Waals surface area contributed by atoms with Gasteiger partial charge in [-0.1, -0.05) is 90.5 Å². The molecule has 0 amide bonds. The van der Waals surface area contributed by atoms with Crippen molar-refractivity contribution in [2.75, 3.05) is 13.7 Å². The minimum Gasteiger partial charge on any atom is -0.497 e. The van der Waals surface area contributed by atoms with Crippen LogP contribution in [0.5, 0.6) is 5.75 Å². The zero-order chi connectivity index (χ0) is 26.1. The second-order valence-corrected chi connectivity index (χ2v) is 10.8. The summed E-state index contributed by atoms with van der Waals surface area (Å²) in [4.78, 5) is 0.255. The maximum Gasteiger partial charge on any atom is 0.241 e. The van der Waals surface area contributed by atoms with E-state index in [4.69, 9.17) is 4.74 Å². The summed E-state index contributed by atoms with van der Waals surface area (Å²) in [6, 6.07) is 34.0. The first-order valence-corrected chi connectivity index (χ1v) is 14.0. The van der Waals surface area contributed by atoms with Crippen molar-refractivity contribution >= 4 is 10.0 Å². The molecule has 192 valence electrons. The molecule has 0 saturated heterocycles. The van der Waals surface area contributed by atoms with Crippen LogP contribution in [0.2, 0.25) is 0 Å². The second kappa shape index (κ2) is 12.7. The first kappa shape index (κ1) is 26.6.